The normalized spacial score (nSPS) is 11.5. The van der Waals surface area contributed by atoms with Gasteiger partial charge in [0.05, 0.1) is 18.1 Å². The first-order valence-electron chi connectivity index (χ1n) is 10.0. The van der Waals surface area contributed by atoms with E-state index in [0.29, 0.717) is 29.4 Å². The Balaban J connectivity index is 1.44. The molecule has 4 heterocycles. The lowest BCUT2D eigenvalue weighted by Crippen LogP contribution is -2.01. The molecule has 32 heavy (non-hydrogen) atoms. The maximum atomic E-state index is 14.1. The van der Waals surface area contributed by atoms with Crippen LogP contribution >= 0.6 is 0 Å². The standard InChI is InChI=1S/C23H17FN8/c24-18-3-1-2-4-20(18)32-11-16(29-30-32)10-31-12-17(21-22(25)27-13-28-23(21)31)14-5-6-19-15(9-14)7-8-26-19/h1-9,11-13,26H,10H2,(H2,25,27,28). The van der Waals surface area contributed by atoms with E-state index in [4.69, 9.17) is 5.73 Å². The van der Waals surface area contributed by atoms with Crippen LogP contribution in [0.4, 0.5) is 10.2 Å². The first kappa shape index (κ1) is 18.3. The van der Waals surface area contributed by atoms with Gasteiger partial charge in [-0.25, -0.2) is 19.0 Å². The summed E-state index contributed by atoms with van der Waals surface area (Å²) in [5.74, 6) is 0.0474. The number of aromatic amines is 1. The lowest BCUT2D eigenvalue weighted by molar-refractivity contribution is 0.607. The van der Waals surface area contributed by atoms with Crippen LogP contribution in [0.3, 0.4) is 0 Å². The number of nitrogens with two attached hydrogens (primary N) is 1. The monoisotopic (exact) mass is 424 g/mol. The van der Waals surface area contributed by atoms with Crippen molar-refractivity contribution in [2.45, 2.75) is 6.54 Å². The summed E-state index contributed by atoms with van der Waals surface area (Å²) in [5.41, 5.74) is 11.0. The summed E-state index contributed by atoms with van der Waals surface area (Å²) < 4.78 is 17.5. The minimum atomic E-state index is -0.363. The number of nitrogens with zero attached hydrogens (tertiary/aromatic N) is 6. The highest BCUT2D eigenvalue weighted by atomic mass is 19.1. The van der Waals surface area contributed by atoms with Crippen LogP contribution < -0.4 is 5.73 Å². The van der Waals surface area contributed by atoms with Crippen molar-refractivity contribution in [2.24, 2.45) is 0 Å². The predicted octanol–water partition coefficient (Wildman–Crippen LogP) is 3.93. The molecule has 3 N–H and O–H groups in total. The Kier molecular flexibility index (Phi) is 4.00. The maximum Gasteiger partial charge on any atom is 0.148 e. The van der Waals surface area contributed by atoms with Crippen LogP contribution in [0.15, 0.2) is 73.4 Å². The molecule has 8 nitrogen and oxygen atoms in total. The van der Waals surface area contributed by atoms with Crippen molar-refractivity contribution in [3.63, 3.8) is 0 Å². The molecule has 0 spiro atoms. The fraction of sp³-hybridized carbons (Fsp3) is 0.0435. The van der Waals surface area contributed by atoms with Crippen molar-refractivity contribution >= 4 is 27.8 Å². The van der Waals surface area contributed by atoms with Gasteiger partial charge in [0.2, 0.25) is 0 Å². The summed E-state index contributed by atoms with van der Waals surface area (Å²) in [7, 11) is 0. The van der Waals surface area contributed by atoms with Gasteiger partial charge >= 0.3 is 0 Å². The van der Waals surface area contributed by atoms with Gasteiger partial charge in [0.25, 0.3) is 0 Å². The van der Waals surface area contributed by atoms with Crippen LogP contribution in [0, 0.1) is 5.82 Å². The number of rotatable bonds is 4. The van der Waals surface area contributed by atoms with Crippen LogP contribution in [-0.2, 0) is 6.54 Å². The summed E-state index contributed by atoms with van der Waals surface area (Å²) in [5, 5.41) is 10.2. The molecule has 6 rings (SSSR count). The zero-order valence-electron chi connectivity index (χ0n) is 16.8. The molecular weight excluding hydrogens is 407 g/mol. The zero-order valence-corrected chi connectivity index (χ0v) is 16.8. The third kappa shape index (κ3) is 2.90. The van der Waals surface area contributed by atoms with Gasteiger partial charge in [-0.05, 0) is 41.3 Å². The summed E-state index contributed by atoms with van der Waals surface area (Å²) in [6, 6.07) is 14.6. The van der Waals surface area contributed by atoms with E-state index < -0.39 is 0 Å². The summed E-state index contributed by atoms with van der Waals surface area (Å²) in [6.07, 6.45) is 7.06. The number of nitrogen functional groups attached to an aromatic ring is 1. The van der Waals surface area contributed by atoms with E-state index in [1.54, 1.807) is 24.4 Å². The topological polar surface area (TPSA) is 103 Å². The molecule has 156 valence electrons. The second kappa shape index (κ2) is 7.02. The third-order valence-corrected chi connectivity index (χ3v) is 5.52. The van der Waals surface area contributed by atoms with Crippen LogP contribution in [0.25, 0.3) is 38.8 Å². The number of nitrogens with one attached hydrogen (secondary N) is 1. The molecule has 0 aliphatic rings. The molecule has 0 atom stereocenters. The first-order chi connectivity index (χ1) is 15.7. The second-order valence-electron chi connectivity index (χ2n) is 7.51. The van der Waals surface area contributed by atoms with Gasteiger partial charge < -0.3 is 15.3 Å². The van der Waals surface area contributed by atoms with Crippen molar-refractivity contribution in [3.8, 4) is 16.8 Å². The molecule has 6 aromatic rings. The lowest BCUT2D eigenvalue weighted by atomic mass is 10.0. The minimum absolute atomic E-state index is 0.343. The van der Waals surface area contributed by atoms with Gasteiger partial charge in [-0.1, -0.05) is 23.4 Å². The van der Waals surface area contributed by atoms with Crippen LogP contribution in [0.5, 0.6) is 0 Å². The number of halogens is 1. The fourth-order valence-corrected chi connectivity index (χ4v) is 4.01. The highest BCUT2D eigenvalue weighted by molar-refractivity contribution is 6.02. The molecule has 0 aliphatic carbocycles. The molecule has 0 aliphatic heterocycles. The SMILES string of the molecule is Nc1ncnc2c1c(-c1ccc3[nH]ccc3c1)cn2Cc1cn(-c2ccccc2F)nn1. The molecule has 4 aromatic heterocycles. The Morgan fingerprint density at radius 3 is 2.84 bits per heavy atom. The smallest absolute Gasteiger partial charge is 0.148 e. The molecule has 0 bridgehead atoms. The summed E-state index contributed by atoms with van der Waals surface area (Å²) >= 11 is 0. The van der Waals surface area contributed by atoms with Gasteiger partial charge in [-0.3, -0.25) is 0 Å². The predicted molar refractivity (Wildman–Crippen MR) is 120 cm³/mol. The van der Waals surface area contributed by atoms with E-state index in [1.807, 2.05) is 35.2 Å². The van der Waals surface area contributed by atoms with Crippen LogP contribution in [0.2, 0.25) is 0 Å². The number of H-pyrrole nitrogens is 1. The van der Waals surface area contributed by atoms with Gasteiger partial charge in [-0.15, -0.1) is 5.10 Å². The summed E-state index contributed by atoms with van der Waals surface area (Å²) in [6.45, 7) is 0.397. The fourth-order valence-electron chi connectivity index (χ4n) is 4.01. The van der Waals surface area contributed by atoms with Crippen LogP contribution in [0.1, 0.15) is 5.69 Å². The van der Waals surface area contributed by atoms with Crippen molar-refractivity contribution in [1.29, 1.82) is 0 Å². The molecule has 0 radical (unpaired) electrons. The van der Waals surface area contributed by atoms with E-state index in [2.05, 4.69) is 31.3 Å². The van der Waals surface area contributed by atoms with E-state index in [1.165, 1.54) is 17.1 Å². The number of para-hydroxylation sites is 1. The highest BCUT2D eigenvalue weighted by Gasteiger charge is 2.17. The quantitative estimate of drug-likeness (QED) is 0.446. The number of hydrogen-bond acceptors (Lipinski definition) is 5. The summed E-state index contributed by atoms with van der Waals surface area (Å²) in [4.78, 5) is 11.9. The molecular formula is C23H17FN8. The Hall–Kier alpha value is -4.53. The number of aromatic nitrogens is 7. The van der Waals surface area contributed by atoms with E-state index in [0.717, 1.165) is 27.4 Å². The zero-order chi connectivity index (χ0) is 21.7. The Morgan fingerprint density at radius 1 is 1.03 bits per heavy atom. The van der Waals surface area contributed by atoms with E-state index in [9.17, 15) is 4.39 Å². The van der Waals surface area contributed by atoms with Gasteiger partial charge in [-0.2, -0.15) is 0 Å². The molecule has 0 amide bonds. The molecule has 2 aromatic carbocycles. The number of benzene rings is 2. The Bertz CT molecular complexity index is 1590. The maximum absolute atomic E-state index is 14.1. The lowest BCUT2D eigenvalue weighted by Gasteiger charge is -2.02. The molecule has 0 fully saturated rings. The van der Waals surface area contributed by atoms with Crippen molar-refractivity contribution in [3.05, 3.63) is 85.0 Å². The van der Waals surface area contributed by atoms with Crippen molar-refractivity contribution in [2.75, 3.05) is 5.73 Å². The molecule has 0 unspecified atom stereocenters. The molecule has 9 heteroatoms. The molecule has 0 saturated heterocycles. The second-order valence-corrected chi connectivity index (χ2v) is 7.51. The highest BCUT2D eigenvalue weighted by Crippen LogP contribution is 2.34. The van der Waals surface area contributed by atoms with E-state index >= 15 is 0 Å². The largest absolute Gasteiger partial charge is 0.383 e. The van der Waals surface area contributed by atoms with Crippen molar-refractivity contribution in [1.82, 2.24) is 34.5 Å². The Labute approximate surface area is 181 Å². The third-order valence-electron chi connectivity index (χ3n) is 5.52. The van der Waals surface area contributed by atoms with E-state index in [-0.39, 0.29) is 5.82 Å². The molecule has 0 saturated carbocycles. The van der Waals surface area contributed by atoms with Crippen LogP contribution in [-0.4, -0.2) is 34.5 Å². The number of fused-ring (bicyclic) bond motifs is 2. The average molecular weight is 424 g/mol. The number of anilines is 1. The van der Waals surface area contributed by atoms with Gasteiger partial charge in [0.15, 0.2) is 0 Å². The van der Waals surface area contributed by atoms with Gasteiger partial charge in [0.1, 0.15) is 35.0 Å². The number of hydrogen-bond donors (Lipinski definition) is 2. The average Bonchev–Trinajstić information content (AvgIpc) is 3.53. The Morgan fingerprint density at radius 2 is 1.94 bits per heavy atom. The first-order valence-corrected chi connectivity index (χ1v) is 10.0. The van der Waals surface area contributed by atoms with Gasteiger partial charge in [0, 0.05) is 23.5 Å². The van der Waals surface area contributed by atoms with Crippen molar-refractivity contribution < 1.29 is 4.39 Å². The minimum Gasteiger partial charge on any atom is -0.383 e.